The first kappa shape index (κ1) is 19.5. The molecule has 2 aromatic rings. The van der Waals surface area contributed by atoms with Crippen LogP contribution in [0.4, 0.5) is 0 Å². The highest BCUT2D eigenvalue weighted by Crippen LogP contribution is 2.18. The van der Waals surface area contributed by atoms with Gasteiger partial charge < -0.3 is 0 Å². The first-order chi connectivity index (χ1) is 13.3. The van der Waals surface area contributed by atoms with Crippen LogP contribution in [0.3, 0.4) is 0 Å². The molecular formula is C19H18N4O4S. The Morgan fingerprint density at radius 2 is 1.79 bits per heavy atom. The van der Waals surface area contributed by atoms with Crippen molar-refractivity contribution in [2.75, 3.05) is 19.3 Å². The summed E-state index contributed by atoms with van der Waals surface area (Å²) in [5.74, 6) is -0.602. The number of carbonyl (C=O) groups excluding carboxylic acids is 2. The van der Waals surface area contributed by atoms with E-state index in [4.69, 9.17) is 5.26 Å². The van der Waals surface area contributed by atoms with Gasteiger partial charge in [0, 0.05) is 25.5 Å². The van der Waals surface area contributed by atoms with Crippen molar-refractivity contribution >= 4 is 21.7 Å². The maximum absolute atomic E-state index is 12.7. The van der Waals surface area contributed by atoms with Gasteiger partial charge in [0.1, 0.15) is 11.8 Å². The molecule has 28 heavy (non-hydrogen) atoms. The van der Waals surface area contributed by atoms with E-state index >= 15 is 0 Å². The summed E-state index contributed by atoms with van der Waals surface area (Å²) < 4.78 is 23.1. The van der Waals surface area contributed by atoms with E-state index in [1.54, 1.807) is 12.1 Å². The van der Waals surface area contributed by atoms with Crippen LogP contribution in [0.1, 0.15) is 28.0 Å². The van der Waals surface area contributed by atoms with Crippen LogP contribution in [0, 0.1) is 11.3 Å². The number of sulfone groups is 1. The summed E-state index contributed by atoms with van der Waals surface area (Å²) in [4.78, 5) is 29.5. The number of amides is 2. The Morgan fingerprint density at radius 3 is 2.36 bits per heavy atom. The molecule has 0 radical (unpaired) electrons. The second-order valence-corrected chi connectivity index (χ2v) is 8.45. The molecule has 1 aromatic carbocycles. The number of nitrogens with zero attached hydrogens (tertiary/aromatic N) is 4. The second kappa shape index (κ2) is 7.78. The highest BCUT2D eigenvalue weighted by molar-refractivity contribution is 7.90. The number of rotatable bonds is 4. The second-order valence-electron chi connectivity index (χ2n) is 6.44. The van der Waals surface area contributed by atoms with E-state index < -0.39 is 9.84 Å². The predicted molar refractivity (Wildman–Crippen MR) is 99.6 cm³/mol. The highest BCUT2D eigenvalue weighted by atomic mass is 32.2. The van der Waals surface area contributed by atoms with Gasteiger partial charge in [-0.1, -0.05) is 12.1 Å². The summed E-state index contributed by atoms with van der Waals surface area (Å²) in [5.41, 5.74) is 1.18. The van der Waals surface area contributed by atoms with E-state index in [9.17, 15) is 18.0 Å². The van der Waals surface area contributed by atoms with Crippen LogP contribution in [-0.4, -0.2) is 54.6 Å². The fraction of sp³-hybridized carbons (Fsp3) is 0.263. The van der Waals surface area contributed by atoms with Crippen LogP contribution >= 0.6 is 0 Å². The van der Waals surface area contributed by atoms with Crippen molar-refractivity contribution in [1.82, 2.24) is 15.0 Å². The van der Waals surface area contributed by atoms with Crippen LogP contribution in [0.25, 0.3) is 0 Å². The first-order valence-corrected chi connectivity index (χ1v) is 10.5. The normalized spacial score (nSPS) is 14.0. The smallest absolute Gasteiger partial charge is 0.273 e. The lowest BCUT2D eigenvalue weighted by atomic mass is 10.1. The number of aromatic nitrogens is 1. The molecule has 0 saturated carbocycles. The molecule has 144 valence electrons. The molecule has 2 heterocycles. The van der Waals surface area contributed by atoms with E-state index in [2.05, 4.69) is 4.98 Å². The quantitative estimate of drug-likeness (QED) is 0.765. The molecule has 1 saturated heterocycles. The molecule has 0 unspecified atom stereocenters. The van der Waals surface area contributed by atoms with Crippen LogP contribution < -0.4 is 0 Å². The average molecular weight is 398 g/mol. The SMILES string of the molecule is CS(=O)(=O)c1ccc(CC(=O)N2CCCN2C(=O)c2ccc(C#N)nc2)cc1. The number of hydrogen-bond donors (Lipinski definition) is 0. The zero-order valence-electron chi connectivity index (χ0n) is 15.2. The van der Waals surface area contributed by atoms with Gasteiger partial charge in [0.25, 0.3) is 5.91 Å². The molecule has 0 spiro atoms. The lowest BCUT2D eigenvalue weighted by molar-refractivity contribution is -0.139. The average Bonchev–Trinajstić information content (AvgIpc) is 3.17. The molecule has 0 bridgehead atoms. The minimum Gasteiger partial charge on any atom is -0.273 e. The van der Waals surface area contributed by atoms with Gasteiger partial charge in [0.15, 0.2) is 9.84 Å². The topological polar surface area (TPSA) is 111 Å². The molecule has 0 aliphatic carbocycles. The largest absolute Gasteiger partial charge is 0.274 e. The number of hydrogen-bond acceptors (Lipinski definition) is 6. The predicted octanol–water partition coefficient (Wildman–Crippen LogP) is 1.19. The molecule has 2 amide bonds. The van der Waals surface area contributed by atoms with Crippen molar-refractivity contribution in [3.8, 4) is 6.07 Å². The molecule has 1 aliphatic heterocycles. The Kier molecular flexibility index (Phi) is 5.42. The third-order valence-corrected chi connectivity index (χ3v) is 5.51. The van der Waals surface area contributed by atoms with Crippen LogP contribution in [0.15, 0.2) is 47.5 Å². The summed E-state index contributed by atoms with van der Waals surface area (Å²) in [6.45, 7) is 0.841. The van der Waals surface area contributed by atoms with Gasteiger partial charge in [-0.25, -0.2) is 18.4 Å². The number of nitriles is 1. The number of benzene rings is 1. The lowest BCUT2D eigenvalue weighted by Gasteiger charge is -2.28. The summed E-state index contributed by atoms with van der Waals surface area (Å²) in [6.07, 6.45) is 3.16. The van der Waals surface area contributed by atoms with Gasteiger partial charge in [0.2, 0.25) is 5.91 Å². The van der Waals surface area contributed by atoms with Gasteiger partial charge >= 0.3 is 0 Å². The standard InChI is InChI=1S/C19H18N4O4S/c1-28(26,27)17-7-3-14(4-8-17)11-18(24)22-9-2-10-23(22)19(25)15-5-6-16(12-20)21-13-15/h3-8,13H,2,9-11H2,1H3. The van der Waals surface area contributed by atoms with Gasteiger partial charge in [-0.2, -0.15) is 5.26 Å². The molecule has 1 aliphatic rings. The van der Waals surface area contributed by atoms with E-state index in [0.717, 1.165) is 6.26 Å². The maximum atomic E-state index is 12.7. The van der Waals surface area contributed by atoms with Gasteiger partial charge in [-0.15, -0.1) is 0 Å². The van der Waals surface area contributed by atoms with Crippen molar-refractivity contribution in [1.29, 1.82) is 5.26 Å². The van der Waals surface area contributed by atoms with Crippen molar-refractivity contribution in [3.63, 3.8) is 0 Å². The van der Waals surface area contributed by atoms with Crippen LogP contribution in [0.2, 0.25) is 0 Å². The zero-order chi connectivity index (χ0) is 20.3. The third kappa shape index (κ3) is 4.18. The highest BCUT2D eigenvalue weighted by Gasteiger charge is 2.31. The number of carbonyl (C=O) groups is 2. The Morgan fingerprint density at radius 1 is 1.11 bits per heavy atom. The lowest BCUT2D eigenvalue weighted by Crippen LogP contribution is -2.45. The van der Waals surface area contributed by atoms with Gasteiger partial charge in [-0.05, 0) is 36.2 Å². The monoisotopic (exact) mass is 398 g/mol. The fourth-order valence-electron chi connectivity index (χ4n) is 2.94. The summed E-state index contributed by atoms with van der Waals surface area (Å²) in [5, 5.41) is 11.6. The van der Waals surface area contributed by atoms with E-state index in [-0.39, 0.29) is 28.8 Å². The summed E-state index contributed by atoms with van der Waals surface area (Å²) in [6, 6.07) is 11.0. The first-order valence-electron chi connectivity index (χ1n) is 8.57. The molecule has 8 nitrogen and oxygen atoms in total. The molecule has 9 heteroatoms. The molecular weight excluding hydrogens is 380 g/mol. The van der Waals surface area contributed by atoms with Crippen molar-refractivity contribution in [3.05, 3.63) is 59.4 Å². The van der Waals surface area contributed by atoms with E-state index in [0.29, 0.717) is 30.6 Å². The van der Waals surface area contributed by atoms with Crippen LogP contribution in [-0.2, 0) is 21.1 Å². The molecule has 1 fully saturated rings. The number of hydrazine groups is 1. The van der Waals surface area contributed by atoms with Crippen LogP contribution in [0.5, 0.6) is 0 Å². The minimum atomic E-state index is -3.29. The van der Waals surface area contributed by atoms with Crippen molar-refractivity contribution in [2.45, 2.75) is 17.7 Å². The molecule has 3 rings (SSSR count). The Bertz CT molecular complexity index is 1040. The molecule has 0 N–H and O–H groups in total. The number of pyridine rings is 1. The van der Waals surface area contributed by atoms with Gasteiger partial charge in [0.05, 0.1) is 16.9 Å². The molecule has 0 atom stereocenters. The van der Waals surface area contributed by atoms with Gasteiger partial charge in [-0.3, -0.25) is 14.6 Å². The summed E-state index contributed by atoms with van der Waals surface area (Å²) in [7, 11) is -3.29. The van der Waals surface area contributed by atoms with E-state index in [1.807, 2.05) is 6.07 Å². The Balaban J connectivity index is 1.72. The Labute approximate surface area is 162 Å². The Hall–Kier alpha value is -3.25. The van der Waals surface area contributed by atoms with E-state index in [1.165, 1.54) is 40.5 Å². The zero-order valence-corrected chi connectivity index (χ0v) is 16.0. The molecule has 1 aromatic heterocycles. The van der Waals surface area contributed by atoms with Crippen molar-refractivity contribution < 1.29 is 18.0 Å². The maximum Gasteiger partial charge on any atom is 0.274 e. The minimum absolute atomic E-state index is 0.0550. The fourth-order valence-corrected chi connectivity index (χ4v) is 3.57. The van der Waals surface area contributed by atoms with Crippen molar-refractivity contribution in [2.24, 2.45) is 0 Å². The third-order valence-electron chi connectivity index (χ3n) is 4.39. The summed E-state index contributed by atoms with van der Waals surface area (Å²) >= 11 is 0.